The van der Waals surface area contributed by atoms with Crippen molar-refractivity contribution in [3.63, 3.8) is 0 Å². The highest BCUT2D eigenvalue weighted by molar-refractivity contribution is 6.31. The van der Waals surface area contributed by atoms with Crippen molar-refractivity contribution in [1.82, 2.24) is 14.3 Å². The Morgan fingerprint density at radius 1 is 1.15 bits per heavy atom. The quantitative estimate of drug-likeness (QED) is 0.392. The molecule has 176 valence electrons. The first-order valence-corrected chi connectivity index (χ1v) is 10.3. The molecule has 0 radical (unpaired) electrons. The summed E-state index contributed by atoms with van der Waals surface area (Å²) in [6.07, 6.45) is -4.96. The lowest BCUT2D eigenvalue weighted by Crippen LogP contribution is -2.25. The second-order valence-corrected chi connectivity index (χ2v) is 8.02. The summed E-state index contributed by atoms with van der Waals surface area (Å²) in [5.41, 5.74) is -0.836. The highest BCUT2D eigenvalue weighted by Crippen LogP contribution is 2.36. The van der Waals surface area contributed by atoms with Crippen LogP contribution in [0.4, 0.5) is 17.6 Å². The molecule has 4 rings (SSSR count). The smallest absolute Gasteiger partial charge is 0.419 e. The molecule has 34 heavy (non-hydrogen) atoms. The maximum atomic E-state index is 14.0. The van der Waals surface area contributed by atoms with Gasteiger partial charge in [-0.05, 0) is 42.8 Å². The van der Waals surface area contributed by atoms with E-state index in [9.17, 15) is 32.3 Å². The highest BCUT2D eigenvalue weighted by Gasteiger charge is 2.36. The number of aromatic nitrogens is 3. The van der Waals surface area contributed by atoms with Crippen molar-refractivity contribution >= 4 is 28.5 Å². The fourth-order valence-corrected chi connectivity index (χ4v) is 4.16. The maximum absolute atomic E-state index is 14.0. The van der Waals surface area contributed by atoms with Crippen molar-refractivity contribution in [2.24, 2.45) is 0 Å². The van der Waals surface area contributed by atoms with E-state index in [2.05, 4.69) is 5.10 Å². The van der Waals surface area contributed by atoms with Crippen molar-refractivity contribution < 1.29 is 27.5 Å². The molecule has 2 aromatic carbocycles. The number of hydrogen-bond donors (Lipinski definition) is 1. The minimum Gasteiger partial charge on any atom is -0.480 e. The van der Waals surface area contributed by atoms with Crippen molar-refractivity contribution in [3.05, 3.63) is 86.5 Å². The molecule has 0 aliphatic rings. The molecule has 2 aromatic heterocycles. The Bertz CT molecular complexity index is 1490. The molecule has 1 N–H and O–H groups in total. The fourth-order valence-electron chi connectivity index (χ4n) is 3.99. The van der Waals surface area contributed by atoms with Crippen molar-refractivity contribution in [3.8, 4) is 11.3 Å². The molecule has 0 atom stereocenters. The summed E-state index contributed by atoms with van der Waals surface area (Å²) in [5.74, 6) is -2.53. The first-order valence-electron chi connectivity index (χ1n) is 9.90. The number of halogens is 5. The van der Waals surface area contributed by atoms with E-state index in [0.717, 1.165) is 22.9 Å². The molecule has 0 saturated carbocycles. The first-order chi connectivity index (χ1) is 16.0. The average molecular weight is 494 g/mol. The van der Waals surface area contributed by atoms with Gasteiger partial charge in [0.25, 0.3) is 5.56 Å². The van der Waals surface area contributed by atoms with E-state index in [0.29, 0.717) is 33.2 Å². The zero-order valence-corrected chi connectivity index (χ0v) is 18.3. The van der Waals surface area contributed by atoms with Gasteiger partial charge in [-0.3, -0.25) is 9.59 Å². The minimum atomic E-state index is -4.96. The predicted molar refractivity (Wildman–Crippen MR) is 117 cm³/mol. The van der Waals surface area contributed by atoms with Crippen LogP contribution in [0.1, 0.15) is 16.8 Å². The predicted octanol–water partition coefficient (Wildman–Crippen LogP) is 5.12. The summed E-state index contributed by atoms with van der Waals surface area (Å²) in [4.78, 5) is 23.8. The summed E-state index contributed by atoms with van der Waals surface area (Å²) in [5, 5.41) is 14.5. The van der Waals surface area contributed by atoms with Gasteiger partial charge in [-0.2, -0.15) is 18.3 Å². The van der Waals surface area contributed by atoms with Crippen LogP contribution >= 0.6 is 11.6 Å². The number of carboxylic acids is 1. The molecule has 0 spiro atoms. The van der Waals surface area contributed by atoms with E-state index in [-0.39, 0.29) is 12.2 Å². The topological polar surface area (TPSA) is 77.1 Å². The summed E-state index contributed by atoms with van der Waals surface area (Å²) in [6.45, 7) is 0.701. The van der Waals surface area contributed by atoms with Gasteiger partial charge in [-0.15, -0.1) is 0 Å². The SMILES string of the molecule is Cc1c(-c2ccc(=O)n(Cc3cccc(F)c3C(F)(F)F)n2)c2cc(Cl)ccc2n1CC(=O)O. The number of rotatable bonds is 5. The fraction of sp³-hybridized carbons (Fsp3) is 0.174. The van der Waals surface area contributed by atoms with Crippen LogP contribution in [0.2, 0.25) is 5.02 Å². The summed E-state index contributed by atoms with van der Waals surface area (Å²) in [7, 11) is 0. The molecule has 0 saturated heterocycles. The van der Waals surface area contributed by atoms with Crippen molar-refractivity contribution in [2.45, 2.75) is 26.2 Å². The lowest BCUT2D eigenvalue weighted by Gasteiger charge is -2.14. The highest BCUT2D eigenvalue weighted by atomic mass is 35.5. The van der Waals surface area contributed by atoms with E-state index in [1.54, 1.807) is 25.1 Å². The molecule has 0 bridgehead atoms. The minimum absolute atomic E-state index is 0.221. The number of hydrogen-bond acceptors (Lipinski definition) is 3. The second-order valence-electron chi connectivity index (χ2n) is 7.59. The molecule has 0 aliphatic carbocycles. The van der Waals surface area contributed by atoms with Crippen LogP contribution in [0.25, 0.3) is 22.2 Å². The summed E-state index contributed by atoms with van der Waals surface area (Å²) in [6, 6.07) is 10.3. The Morgan fingerprint density at radius 2 is 1.88 bits per heavy atom. The molecule has 0 amide bonds. The largest absolute Gasteiger partial charge is 0.480 e. The standard InChI is InChI=1S/C23H16ClF4N3O3/c1-12-21(15-9-14(24)5-7-18(15)30(12)11-20(33)34)17-6-8-19(32)31(29-17)10-13-3-2-4-16(25)22(13)23(26,27)28/h2-9H,10-11H2,1H3,(H,33,34). The first kappa shape index (κ1) is 23.5. The van der Waals surface area contributed by atoms with Crippen LogP contribution in [-0.4, -0.2) is 25.4 Å². The monoisotopic (exact) mass is 493 g/mol. The van der Waals surface area contributed by atoms with E-state index in [1.165, 1.54) is 10.6 Å². The summed E-state index contributed by atoms with van der Waals surface area (Å²) >= 11 is 6.14. The second kappa shape index (κ2) is 8.60. The van der Waals surface area contributed by atoms with Crippen LogP contribution in [-0.2, 0) is 24.1 Å². The van der Waals surface area contributed by atoms with E-state index in [4.69, 9.17) is 11.6 Å². The van der Waals surface area contributed by atoms with Crippen LogP contribution in [0.15, 0.2) is 53.3 Å². The van der Waals surface area contributed by atoms with Crippen molar-refractivity contribution in [1.29, 1.82) is 0 Å². The number of carboxylic acid groups (broad SMARTS) is 1. The average Bonchev–Trinajstić information content (AvgIpc) is 2.99. The normalized spacial score (nSPS) is 11.8. The van der Waals surface area contributed by atoms with Gasteiger partial charge < -0.3 is 9.67 Å². The number of fused-ring (bicyclic) bond motifs is 1. The van der Waals surface area contributed by atoms with Crippen LogP contribution in [0.3, 0.4) is 0 Å². The molecule has 0 aliphatic heterocycles. The van der Waals surface area contributed by atoms with Gasteiger partial charge >= 0.3 is 12.1 Å². The number of nitrogens with zero attached hydrogens (tertiary/aromatic N) is 3. The number of carbonyl (C=O) groups is 1. The van der Waals surface area contributed by atoms with Gasteiger partial charge in [0.1, 0.15) is 12.4 Å². The van der Waals surface area contributed by atoms with Crippen molar-refractivity contribution in [2.75, 3.05) is 0 Å². The molecule has 0 fully saturated rings. The third-order valence-corrected chi connectivity index (χ3v) is 5.64. The van der Waals surface area contributed by atoms with E-state index in [1.807, 2.05) is 0 Å². The number of alkyl halides is 3. The third-order valence-electron chi connectivity index (χ3n) is 5.41. The van der Waals surface area contributed by atoms with Crippen LogP contribution in [0, 0.1) is 12.7 Å². The van der Waals surface area contributed by atoms with Gasteiger partial charge in [0.15, 0.2) is 0 Å². The van der Waals surface area contributed by atoms with E-state index >= 15 is 0 Å². The number of aliphatic carboxylic acids is 1. The third kappa shape index (κ3) is 4.28. The maximum Gasteiger partial charge on any atom is 0.419 e. The molecule has 6 nitrogen and oxygen atoms in total. The van der Waals surface area contributed by atoms with Gasteiger partial charge in [0.2, 0.25) is 0 Å². The Balaban J connectivity index is 1.89. The van der Waals surface area contributed by atoms with E-state index < -0.39 is 41.2 Å². The molecule has 11 heteroatoms. The zero-order chi connectivity index (χ0) is 24.8. The van der Waals surface area contributed by atoms with Gasteiger partial charge in [-0.1, -0.05) is 23.7 Å². The van der Waals surface area contributed by atoms with Crippen LogP contribution in [0.5, 0.6) is 0 Å². The Kier molecular flexibility index (Phi) is 5.94. The van der Waals surface area contributed by atoms with Gasteiger partial charge in [0, 0.05) is 33.2 Å². The molecule has 0 unspecified atom stereocenters. The molecule has 4 aromatic rings. The number of benzene rings is 2. The Morgan fingerprint density at radius 3 is 2.56 bits per heavy atom. The Hall–Kier alpha value is -3.66. The molecular formula is C23H16ClF4N3O3. The summed E-state index contributed by atoms with van der Waals surface area (Å²) < 4.78 is 56.6. The zero-order valence-electron chi connectivity index (χ0n) is 17.5. The van der Waals surface area contributed by atoms with Gasteiger partial charge in [-0.25, -0.2) is 9.07 Å². The molecular weight excluding hydrogens is 478 g/mol. The molecule has 2 heterocycles. The van der Waals surface area contributed by atoms with Crippen LogP contribution < -0.4 is 5.56 Å². The van der Waals surface area contributed by atoms with Gasteiger partial charge in [0.05, 0.1) is 17.8 Å². The lowest BCUT2D eigenvalue weighted by atomic mass is 10.1. The Labute approximate surface area is 194 Å². The lowest BCUT2D eigenvalue weighted by molar-refractivity contribution is -0.140.